The first-order valence-corrected chi connectivity index (χ1v) is 5.51. The predicted octanol–water partition coefficient (Wildman–Crippen LogP) is 2.04. The van der Waals surface area contributed by atoms with E-state index in [2.05, 4.69) is 0 Å². The molecular formula is C11H18O3. The average molecular weight is 198 g/mol. The van der Waals surface area contributed by atoms with Crippen molar-refractivity contribution < 1.29 is 14.3 Å². The Kier molecular flexibility index (Phi) is 2.77. The number of rotatable bonds is 2. The van der Waals surface area contributed by atoms with Crippen LogP contribution in [0.25, 0.3) is 0 Å². The molecule has 0 saturated carbocycles. The van der Waals surface area contributed by atoms with Crippen LogP contribution in [-0.2, 0) is 14.3 Å². The standard InChI is InChI=1S/C11H18O3/c1-11(6-5-10(12)14-11)8-9-4-2-3-7-13-9/h9H,2-8H2,1H3. The third-order valence-electron chi connectivity index (χ3n) is 3.15. The molecule has 14 heavy (non-hydrogen) atoms. The molecule has 0 bridgehead atoms. The summed E-state index contributed by atoms with van der Waals surface area (Å²) in [6, 6.07) is 0. The average Bonchev–Trinajstić information content (AvgIpc) is 2.47. The summed E-state index contributed by atoms with van der Waals surface area (Å²) in [5.74, 6) is -0.0525. The smallest absolute Gasteiger partial charge is 0.306 e. The van der Waals surface area contributed by atoms with Gasteiger partial charge in [-0.05, 0) is 32.6 Å². The van der Waals surface area contributed by atoms with Crippen molar-refractivity contribution in [3.05, 3.63) is 0 Å². The van der Waals surface area contributed by atoms with Crippen LogP contribution >= 0.6 is 0 Å². The van der Waals surface area contributed by atoms with Gasteiger partial charge < -0.3 is 9.47 Å². The maximum atomic E-state index is 11.0. The molecule has 0 spiro atoms. The Balaban J connectivity index is 1.86. The van der Waals surface area contributed by atoms with Crippen molar-refractivity contribution in [3.8, 4) is 0 Å². The van der Waals surface area contributed by atoms with Gasteiger partial charge in [-0.3, -0.25) is 4.79 Å². The van der Waals surface area contributed by atoms with Crippen molar-refractivity contribution in [2.75, 3.05) is 6.61 Å². The summed E-state index contributed by atoms with van der Waals surface area (Å²) in [6.07, 6.45) is 6.14. The lowest BCUT2D eigenvalue weighted by atomic mass is 9.92. The second kappa shape index (κ2) is 3.89. The third kappa shape index (κ3) is 2.27. The van der Waals surface area contributed by atoms with Crippen LogP contribution in [0.4, 0.5) is 0 Å². The van der Waals surface area contributed by atoms with Gasteiger partial charge in [0.05, 0.1) is 6.10 Å². The van der Waals surface area contributed by atoms with Gasteiger partial charge in [-0.2, -0.15) is 0 Å². The first-order valence-electron chi connectivity index (χ1n) is 5.51. The maximum Gasteiger partial charge on any atom is 0.306 e. The number of carbonyl (C=O) groups is 1. The highest BCUT2D eigenvalue weighted by molar-refractivity contribution is 5.72. The molecule has 2 saturated heterocycles. The van der Waals surface area contributed by atoms with Gasteiger partial charge in [0.2, 0.25) is 0 Å². The Morgan fingerprint density at radius 2 is 2.36 bits per heavy atom. The van der Waals surface area contributed by atoms with Gasteiger partial charge in [-0.25, -0.2) is 0 Å². The van der Waals surface area contributed by atoms with Gasteiger partial charge in [0.15, 0.2) is 0 Å². The van der Waals surface area contributed by atoms with Crippen LogP contribution < -0.4 is 0 Å². The highest BCUT2D eigenvalue weighted by atomic mass is 16.6. The van der Waals surface area contributed by atoms with Crippen molar-refractivity contribution in [2.24, 2.45) is 0 Å². The van der Waals surface area contributed by atoms with E-state index in [0.717, 1.165) is 25.9 Å². The first-order chi connectivity index (χ1) is 6.68. The second-order valence-corrected chi connectivity index (χ2v) is 4.62. The zero-order valence-corrected chi connectivity index (χ0v) is 8.75. The van der Waals surface area contributed by atoms with E-state index in [1.807, 2.05) is 6.92 Å². The van der Waals surface area contributed by atoms with Crippen LogP contribution in [0.3, 0.4) is 0 Å². The van der Waals surface area contributed by atoms with Crippen LogP contribution in [0.1, 0.15) is 45.4 Å². The molecule has 0 radical (unpaired) electrons. The highest BCUT2D eigenvalue weighted by Gasteiger charge is 2.38. The lowest BCUT2D eigenvalue weighted by Gasteiger charge is -2.30. The van der Waals surface area contributed by atoms with Crippen LogP contribution in [-0.4, -0.2) is 24.3 Å². The van der Waals surface area contributed by atoms with Crippen LogP contribution in [0.5, 0.6) is 0 Å². The molecule has 3 nitrogen and oxygen atoms in total. The van der Waals surface area contributed by atoms with Crippen LogP contribution in [0.2, 0.25) is 0 Å². The van der Waals surface area contributed by atoms with Crippen molar-refractivity contribution >= 4 is 5.97 Å². The largest absolute Gasteiger partial charge is 0.459 e. The zero-order chi connectivity index (χ0) is 10.0. The summed E-state index contributed by atoms with van der Waals surface area (Å²) in [5, 5.41) is 0. The van der Waals surface area contributed by atoms with E-state index in [1.54, 1.807) is 0 Å². The Labute approximate surface area is 84.8 Å². The lowest BCUT2D eigenvalue weighted by Crippen LogP contribution is -2.32. The lowest BCUT2D eigenvalue weighted by molar-refractivity contribution is -0.150. The van der Waals surface area contributed by atoms with E-state index >= 15 is 0 Å². The van der Waals surface area contributed by atoms with E-state index in [-0.39, 0.29) is 11.6 Å². The Morgan fingerprint density at radius 3 is 2.93 bits per heavy atom. The molecule has 2 heterocycles. The Morgan fingerprint density at radius 1 is 1.50 bits per heavy atom. The summed E-state index contributed by atoms with van der Waals surface area (Å²) >= 11 is 0. The molecular weight excluding hydrogens is 180 g/mol. The van der Waals surface area contributed by atoms with Gasteiger partial charge in [-0.1, -0.05) is 0 Å². The monoisotopic (exact) mass is 198 g/mol. The fraction of sp³-hybridized carbons (Fsp3) is 0.909. The molecule has 2 rings (SSSR count). The third-order valence-corrected chi connectivity index (χ3v) is 3.15. The molecule has 2 unspecified atom stereocenters. The van der Waals surface area contributed by atoms with Gasteiger partial charge in [0.25, 0.3) is 0 Å². The SMILES string of the molecule is CC1(CC2CCCCO2)CCC(=O)O1. The maximum absolute atomic E-state index is 11.0. The normalized spacial score (nSPS) is 38.4. The number of ether oxygens (including phenoxy) is 2. The van der Waals surface area contributed by atoms with E-state index < -0.39 is 0 Å². The molecule has 3 heteroatoms. The molecule has 0 amide bonds. The summed E-state index contributed by atoms with van der Waals surface area (Å²) in [6.45, 7) is 2.89. The quantitative estimate of drug-likeness (QED) is 0.637. The summed E-state index contributed by atoms with van der Waals surface area (Å²) in [4.78, 5) is 11.0. The van der Waals surface area contributed by atoms with E-state index in [9.17, 15) is 4.79 Å². The number of cyclic esters (lactones) is 1. The minimum atomic E-state index is -0.251. The van der Waals surface area contributed by atoms with E-state index in [4.69, 9.17) is 9.47 Å². The number of esters is 1. The summed E-state index contributed by atoms with van der Waals surface area (Å²) in [7, 11) is 0. The van der Waals surface area contributed by atoms with Gasteiger partial charge >= 0.3 is 5.97 Å². The van der Waals surface area contributed by atoms with Crippen LogP contribution in [0.15, 0.2) is 0 Å². The molecule has 2 atom stereocenters. The molecule has 0 N–H and O–H groups in total. The van der Waals surface area contributed by atoms with E-state index in [1.165, 1.54) is 12.8 Å². The topological polar surface area (TPSA) is 35.5 Å². The van der Waals surface area contributed by atoms with Gasteiger partial charge in [-0.15, -0.1) is 0 Å². The molecule has 2 fully saturated rings. The molecule has 0 aromatic carbocycles. The molecule has 2 aliphatic rings. The van der Waals surface area contributed by atoms with Crippen molar-refractivity contribution in [3.63, 3.8) is 0 Å². The predicted molar refractivity (Wildman–Crippen MR) is 51.9 cm³/mol. The summed E-state index contributed by atoms with van der Waals surface area (Å²) < 4.78 is 11.0. The number of hydrogen-bond donors (Lipinski definition) is 0. The number of hydrogen-bond acceptors (Lipinski definition) is 3. The molecule has 0 aliphatic carbocycles. The van der Waals surface area contributed by atoms with Crippen LogP contribution in [0, 0.1) is 0 Å². The molecule has 0 aromatic rings. The van der Waals surface area contributed by atoms with Crippen molar-refractivity contribution in [2.45, 2.75) is 57.2 Å². The molecule has 0 aromatic heterocycles. The first kappa shape index (κ1) is 9.97. The Bertz CT molecular complexity index is 221. The molecule has 80 valence electrons. The van der Waals surface area contributed by atoms with E-state index in [0.29, 0.717) is 12.5 Å². The van der Waals surface area contributed by atoms with Crippen molar-refractivity contribution in [1.29, 1.82) is 0 Å². The fourth-order valence-corrected chi connectivity index (χ4v) is 2.34. The highest BCUT2D eigenvalue weighted by Crippen LogP contribution is 2.33. The minimum absolute atomic E-state index is 0.0525. The van der Waals surface area contributed by atoms with Crippen molar-refractivity contribution in [1.82, 2.24) is 0 Å². The van der Waals surface area contributed by atoms with Gasteiger partial charge in [0.1, 0.15) is 5.60 Å². The minimum Gasteiger partial charge on any atom is -0.459 e. The summed E-state index contributed by atoms with van der Waals surface area (Å²) in [5.41, 5.74) is -0.251. The Hall–Kier alpha value is -0.570. The molecule has 2 aliphatic heterocycles. The number of carbonyl (C=O) groups excluding carboxylic acids is 1. The zero-order valence-electron chi connectivity index (χ0n) is 8.75. The second-order valence-electron chi connectivity index (χ2n) is 4.62. The fourth-order valence-electron chi connectivity index (χ4n) is 2.34. The van der Waals surface area contributed by atoms with Gasteiger partial charge in [0, 0.05) is 19.4 Å².